The van der Waals surface area contributed by atoms with Crippen molar-refractivity contribution >= 4 is 65.9 Å². The summed E-state index contributed by atoms with van der Waals surface area (Å²) in [6.07, 6.45) is 8.52. The molecule has 236 valence electrons. The molecule has 4 aromatic rings. The van der Waals surface area contributed by atoms with Crippen LogP contribution in [0.3, 0.4) is 0 Å². The number of thiophene rings is 1. The molecule has 0 aliphatic carbocycles. The van der Waals surface area contributed by atoms with Crippen molar-refractivity contribution in [2.45, 2.75) is 59.0 Å². The molecule has 6 rings (SSSR count). The van der Waals surface area contributed by atoms with Gasteiger partial charge in [0.05, 0.1) is 39.9 Å². The van der Waals surface area contributed by atoms with Crippen LogP contribution in [0.25, 0.3) is 21.0 Å². The molecule has 1 fully saturated rings. The molecule has 1 unspecified atom stereocenters. The summed E-state index contributed by atoms with van der Waals surface area (Å²) < 4.78 is 21.3. The lowest BCUT2D eigenvalue weighted by atomic mass is 9.99. The molecule has 1 atom stereocenters. The van der Waals surface area contributed by atoms with Crippen LogP contribution in [0.4, 0.5) is 10.5 Å². The normalized spacial score (nSPS) is 17.0. The van der Waals surface area contributed by atoms with E-state index >= 15 is 0 Å². The van der Waals surface area contributed by atoms with E-state index in [9.17, 15) is 9.59 Å². The Bertz CT molecular complexity index is 1830. The van der Waals surface area contributed by atoms with Crippen LogP contribution in [0.5, 0.6) is 11.5 Å². The number of ether oxygens (including phenoxy) is 3. The number of allylic oxidation sites excluding steroid dienone is 2. The number of carbonyl (C=O) groups is 2. The molecular formula is C33H39BrN4O6S+4. The first-order chi connectivity index (χ1) is 21.3. The maximum atomic E-state index is 13.6. The van der Waals surface area contributed by atoms with Gasteiger partial charge in [-0.05, 0) is 106 Å². The van der Waals surface area contributed by atoms with Crippen molar-refractivity contribution in [1.82, 2.24) is 14.7 Å². The van der Waals surface area contributed by atoms with Gasteiger partial charge in [-0.25, -0.2) is 9.48 Å². The van der Waals surface area contributed by atoms with E-state index in [1.54, 1.807) is 29.7 Å². The third-order valence-corrected chi connectivity index (χ3v) is 8.86. The molecule has 2 aliphatic rings. The molecule has 2 amide bonds. The first-order valence-corrected chi connectivity index (χ1v) is 16.2. The van der Waals surface area contributed by atoms with Gasteiger partial charge in [-0.1, -0.05) is 6.08 Å². The number of fused-ring (bicyclic) bond motifs is 3. The van der Waals surface area contributed by atoms with Gasteiger partial charge >= 0.3 is 11.8 Å². The minimum Gasteiger partial charge on any atom is -0.473 e. The molecular weight excluding hydrogens is 660 g/mol. The maximum absolute atomic E-state index is 13.6. The zero-order chi connectivity index (χ0) is 32.1. The number of likely N-dealkylation sites (tertiary alicyclic amines) is 1. The summed E-state index contributed by atoms with van der Waals surface area (Å²) in [6.45, 7) is 11.6. The zero-order valence-corrected chi connectivity index (χ0v) is 28.3. The minimum atomic E-state index is -0.630. The van der Waals surface area contributed by atoms with Crippen LogP contribution in [0.2, 0.25) is 0 Å². The second kappa shape index (κ2) is 11.8. The fraction of sp³-hybridized carbons (Fsp3) is 0.364. The fourth-order valence-corrected chi connectivity index (χ4v) is 6.72. The molecule has 45 heavy (non-hydrogen) atoms. The number of carbonyl (C=O) groups excluding carboxylic acids is 2. The van der Waals surface area contributed by atoms with Crippen molar-refractivity contribution in [2.75, 3.05) is 18.2 Å². The van der Waals surface area contributed by atoms with Crippen molar-refractivity contribution in [3.8, 4) is 11.5 Å². The molecule has 1 saturated heterocycles. The van der Waals surface area contributed by atoms with Gasteiger partial charge in [0, 0.05) is 23.9 Å². The third kappa shape index (κ3) is 6.58. The second-order valence-electron chi connectivity index (χ2n) is 12.9. The largest absolute Gasteiger partial charge is 1.00 e. The molecule has 0 spiro atoms. The Morgan fingerprint density at radius 1 is 1.02 bits per heavy atom. The monoisotopic (exact) mass is 698 g/mol. The van der Waals surface area contributed by atoms with E-state index in [0.29, 0.717) is 17.2 Å². The van der Waals surface area contributed by atoms with Crippen LogP contribution in [0.15, 0.2) is 70.9 Å². The van der Waals surface area contributed by atoms with E-state index in [1.165, 1.54) is 9.96 Å². The Morgan fingerprint density at radius 2 is 1.76 bits per heavy atom. The van der Waals surface area contributed by atoms with Gasteiger partial charge in [0.1, 0.15) is 15.1 Å². The first kappa shape index (κ1) is 31.1. The Labute approximate surface area is 279 Å². The summed E-state index contributed by atoms with van der Waals surface area (Å²) in [4.78, 5) is 33.6. The van der Waals surface area contributed by atoms with E-state index in [0.717, 1.165) is 24.8 Å². The lowest BCUT2D eigenvalue weighted by Crippen LogP contribution is -2.58. The summed E-state index contributed by atoms with van der Waals surface area (Å²) in [6, 6.07) is 11.2. The van der Waals surface area contributed by atoms with E-state index in [1.807, 2.05) is 94.9 Å². The predicted octanol–water partition coefficient (Wildman–Crippen LogP) is 8.78. The van der Waals surface area contributed by atoms with Gasteiger partial charge in [-0.15, -0.1) is 11.3 Å². The molecule has 2 aromatic heterocycles. The fourth-order valence-electron chi connectivity index (χ4n) is 4.98. The standard InChI is InChI=1S/C33H35BrN4O6S/c1-32(2,3)43-31(40)36-18-20(19-36)30(39)38(44-33(4,5)6)21-10-12-22(13-11-21)42-27-23-14-15-25-24(28(23)45-29(27)34)17-35-37(25)26-9-7-8-16-41-26/h7-17,20,26H,18-19H2,1-6H3/p+4. The Morgan fingerprint density at radius 3 is 2.40 bits per heavy atom. The Kier molecular flexibility index (Phi) is 8.17. The van der Waals surface area contributed by atoms with Crippen molar-refractivity contribution in [2.24, 2.45) is 5.92 Å². The average molecular weight is 700 g/mol. The van der Waals surface area contributed by atoms with Crippen LogP contribution >= 0.6 is 27.3 Å². The number of anilines is 1. The first-order valence-electron chi connectivity index (χ1n) is 14.6. The Hall–Kier alpha value is -3.87. The van der Waals surface area contributed by atoms with Crippen LogP contribution < -0.4 is 9.80 Å². The highest BCUT2D eigenvalue weighted by molar-refractivity contribution is 9.11. The van der Waals surface area contributed by atoms with E-state index < -0.39 is 23.2 Å². The number of hydrogen-bond acceptors (Lipinski definition) is 8. The molecule has 0 N–H and O–H groups in total. The molecule has 2 aliphatic heterocycles. The van der Waals surface area contributed by atoms with Crippen LogP contribution in [-0.4, -0.2) is 51.0 Å². The van der Waals surface area contributed by atoms with Crippen molar-refractivity contribution in [3.63, 3.8) is 0 Å². The Balaban J connectivity index is 0.00000208. The van der Waals surface area contributed by atoms with Gasteiger partial charge < -0.3 is 19.1 Å². The summed E-state index contributed by atoms with van der Waals surface area (Å²) in [5, 5.41) is 7.88. The van der Waals surface area contributed by atoms with Crippen LogP contribution in [-0.2, 0) is 19.1 Å². The molecule has 0 bridgehead atoms. The molecule has 4 heterocycles. The number of nitrogens with zero attached hydrogens (tertiary/aromatic N) is 4. The number of benzene rings is 2. The smallest absolute Gasteiger partial charge is 0.473 e. The number of hydroxylamine groups is 1. The van der Waals surface area contributed by atoms with E-state index in [4.69, 9.17) is 19.0 Å². The lowest BCUT2D eigenvalue weighted by Gasteiger charge is -2.41. The summed E-state index contributed by atoms with van der Waals surface area (Å²) >= 11 is 5.28. The number of rotatable bonds is 6. The number of halogens is 1. The maximum Gasteiger partial charge on any atom is 1.00 e. The van der Waals surface area contributed by atoms with Gasteiger partial charge in [-0.3, -0.25) is 9.63 Å². The molecule has 12 heteroatoms. The summed E-state index contributed by atoms with van der Waals surface area (Å²) in [7, 11) is 0. The topological polar surface area (TPSA) is 95.4 Å². The van der Waals surface area contributed by atoms with Gasteiger partial charge in [-0.2, -0.15) is 10.2 Å². The molecule has 2 aromatic carbocycles. The second-order valence-corrected chi connectivity index (χ2v) is 15.3. The minimum absolute atomic E-state index is 0. The van der Waals surface area contributed by atoms with E-state index in [2.05, 4.69) is 21.0 Å². The summed E-state index contributed by atoms with van der Waals surface area (Å²) in [5.74, 6) is 0.678. The van der Waals surface area contributed by atoms with Crippen molar-refractivity contribution < 1.29 is 34.3 Å². The van der Waals surface area contributed by atoms with Crippen molar-refractivity contribution in [1.29, 1.82) is 0 Å². The third-order valence-electron chi connectivity index (χ3n) is 7.01. The van der Waals surface area contributed by atoms with Crippen molar-refractivity contribution in [3.05, 3.63) is 70.9 Å². The van der Waals surface area contributed by atoms with Gasteiger partial charge in [0.2, 0.25) is 6.23 Å². The van der Waals surface area contributed by atoms with E-state index in [-0.39, 0.29) is 30.9 Å². The highest BCUT2D eigenvalue weighted by atomic mass is 79.9. The molecule has 0 radical (unpaired) electrons. The lowest BCUT2D eigenvalue weighted by molar-refractivity contribution is -0.141. The number of aromatic nitrogens is 2. The highest BCUT2D eigenvalue weighted by Gasteiger charge is 2.41. The highest BCUT2D eigenvalue weighted by Crippen LogP contribution is 2.46. The SMILES string of the molecule is CC(C)(C)OC(=O)N1CC(C(=O)N(OC(C)(C)C)c2ccc(Oc3c(Br)sc4c3ccc3c4cnn3C3C=CC=CO3)cc2)C1.[H+].[H+].[H+].[H+]. The summed E-state index contributed by atoms with van der Waals surface area (Å²) in [5.41, 5.74) is 0.295. The van der Waals surface area contributed by atoms with Crippen LogP contribution in [0.1, 0.15) is 53.5 Å². The van der Waals surface area contributed by atoms with Gasteiger partial charge in [0.15, 0.2) is 5.75 Å². The predicted molar refractivity (Wildman–Crippen MR) is 182 cm³/mol. The number of hydrogen-bond donors (Lipinski definition) is 0. The van der Waals surface area contributed by atoms with Crippen LogP contribution in [0, 0.1) is 5.92 Å². The quantitative estimate of drug-likeness (QED) is 0.186. The zero-order valence-electron chi connectivity index (χ0n) is 29.9. The average Bonchev–Trinajstić information content (AvgIpc) is 3.51. The van der Waals surface area contributed by atoms with Gasteiger partial charge in [0.25, 0.3) is 5.91 Å². The molecule has 0 saturated carbocycles. The number of amides is 2. The molecule has 10 nitrogen and oxygen atoms in total.